The highest BCUT2D eigenvalue weighted by atomic mass is 15.2. The van der Waals surface area contributed by atoms with Crippen molar-refractivity contribution >= 4 is 0 Å². The van der Waals surface area contributed by atoms with Gasteiger partial charge in [0.05, 0.1) is 0 Å². The van der Waals surface area contributed by atoms with Gasteiger partial charge in [0, 0.05) is 25.7 Å². The van der Waals surface area contributed by atoms with Gasteiger partial charge in [-0.25, -0.2) is 0 Å². The number of benzene rings is 1. The summed E-state index contributed by atoms with van der Waals surface area (Å²) in [5.74, 6) is 2.69. The third kappa shape index (κ3) is 3.07. The molecule has 1 saturated carbocycles. The zero-order valence-electron chi connectivity index (χ0n) is 12.7. The topological polar surface area (TPSA) is 15.3 Å². The van der Waals surface area contributed by atoms with Crippen molar-refractivity contribution in [2.24, 2.45) is 17.8 Å². The van der Waals surface area contributed by atoms with Gasteiger partial charge < -0.3 is 5.32 Å². The smallest absolute Gasteiger partial charge is 0.0234 e. The lowest BCUT2D eigenvalue weighted by Crippen LogP contribution is -2.36. The Morgan fingerprint density at radius 2 is 2.00 bits per heavy atom. The Balaban J connectivity index is 1.22. The first-order valence-electron chi connectivity index (χ1n) is 8.55. The van der Waals surface area contributed by atoms with Crippen molar-refractivity contribution in [3.8, 4) is 0 Å². The molecule has 1 aliphatic heterocycles. The normalized spacial score (nSPS) is 34.9. The Hall–Kier alpha value is -1.12. The van der Waals surface area contributed by atoms with E-state index in [4.69, 9.17) is 0 Å². The minimum atomic E-state index is 0.705. The first kappa shape index (κ1) is 13.5. The van der Waals surface area contributed by atoms with Crippen LogP contribution in [0.25, 0.3) is 0 Å². The van der Waals surface area contributed by atoms with Crippen LogP contribution in [0.4, 0.5) is 0 Å². The number of likely N-dealkylation sites (tertiary alicyclic amines) is 1. The molecule has 4 unspecified atom stereocenters. The second-order valence-corrected chi connectivity index (χ2v) is 7.15. The summed E-state index contributed by atoms with van der Waals surface area (Å²) in [6.07, 6.45) is 9.07. The van der Waals surface area contributed by atoms with E-state index in [2.05, 4.69) is 52.7 Å². The van der Waals surface area contributed by atoms with Gasteiger partial charge in [0.2, 0.25) is 0 Å². The van der Waals surface area contributed by atoms with Crippen LogP contribution >= 0.6 is 0 Å². The predicted octanol–water partition coefficient (Wildman–Crippen LogP) is 3.06. The van der Waals surface area contributed by atoms with E-state index in [9.17, 15) is 0 Å². The Kier molecular flexibility index (Phi) is 3.83. The molecule has 21 heavy (non-hydrogen) atoms. The van der Waals surface area contributed by atoms with E-state index in [-0.39, 0.29) is 0 Å². The maximum atomic E-state index is 3.85. The minimum absolute atomic E-state index is 0.705. The average Bonchev–Trinajstić information content (AvgIpc) is 3.22. The fourth-order valence-corrected chi connectivity index (χ4v) is 4.43. The summed E-state index contributed by atoms with van der Waals surface area (Å²) in [5, 5.41) is 3.85. The lowest BCUT2D eigenvalue weighted by atomic mass is 9.93. The molecule has 3 aliphatic rings. The summed E-state index contributed by atoms with van der Waals surface area (Å²) < 4.78 is 0. The number of rotatable bonds is 5. The molecule has 1 aromatic rings. The molecule has 0 spiro atoms. The SMILES string of the molecule is C1=CC2CC1CC2CNC1CCN(Cc2ccccc2)C1. The van der Waals surface area contributed by atoms with Crippen LogP contribution in [0.5, 0.6) is 0 Å². The number of hydrogen-bond donors (Lipinski definition) is 1. The van der Waals surface area contributed by atoms with Crippen LogP contribution in [-0.4, -0.2) is 30.6 Å². The van der Waals surface area contributed by atoms with Crippen molar-refractivity contribution in [2.75, 3.05) is 19.6 Å². The van der Waals surface area contributed by atoms with E-state index in [1.165, 1.54) is 44.5 Å². The van der Waals surface area contributed by atoms with E-state index < -0.39 is 0 Å². The molecule has 1 N–H and O–H groups in total. The summed E-state index contributed by atoms with van der Waals surface area (Å²) in [6, 6.07) is 11.6. The van der Waals surface area contributed by atoms with Gasteiger partial charge in [-0.2, -0.15) is 0 Å². The fourth-order valence-electron chi connectivity index (χ4n) is 4.43. The van der Waals surface area contributed by atoms with E-state index in [0.717, 1.165) is 24.3 Å². The molecule has 0 radical (unpaired) electrons. The maximum Gasteiger partial charge on any atom is 0.0234 e. The first-order chi connectivity index (χ1) is 10.4. The number of fused-ring (bicyclic) bond motifs is 2. The van der Waals surface area contributed by atoms with Gasteiger partial charge in [0.25, 0.3) is 0 Å². The number of hydrogen-bond acceptors (Lipinski definition) is 2. The second kappa shape index (κ2) is 5.94. The van der Waals surface area contributed by atoms with E-state index in [0.29, 0.717) is 6.04 Å². The van der Waals surface area contributed by atoms with Gasteiger partial charge in [-0.05, 0) is 49.1 Å². The van der Waals surface area contributed by atoms with Crippen molar-refractivity contribution in [1.29, 1.82) is 0 Å². The van der Waals surface area contributed by atoms with Crippen LogP contribution in [0.15, 0.2) is 42.5 Å². The molecule has 0 aromatic heterocycles. The molecule has 2 heteroatoms. The van der Waals surface area contributed by atoms with Crippen molar-refractivity contribution in [3.63, 3.8) is 0 Å². The van der Waals surface area contributed by atoms with Crippen LogP contribution in [0.2, 0.25) is 0 Å². The Bertz CT molecular complexity index is 496. The highest BCUT2D eigenvalue weighted by molar-refractivity contribution is 5.15. The maximum absolute atomic E-state index is 3.85. The third-order valence-corrected chi connectivity index (χ3v) is 5.61. The summed E-state index contributed by atoms with van der Waals surface area (Å²) in [6.45, 7) is 4.79. The Labute approximate surface area is 128 Å². The zero-order chi connectivity index (χ0) is 14.1. The van der Waals surface area contributed by atoms with Crippen LogP contribution < -0.4 is 5.32 Å². The van der Waals surface area contributed by atoms with Crippen LogP contribution in [0.1, 0.15) is 24.8 Å². The highest BCUT2D eigenvalue weighted by Crippen LogP contribution is 2.43. The van der Waals surface area contributed by atoms with Gasteiger partial charge in [-0.15, -0.1) is 0 Å². The molecule has 0 amide bonds. The highest BCUT2D eigenvalue weighted by Gasteiger charge is 2.35. The molecular formula is C19H26N2. The van der Waals surface area contributed by atoms with E-state index in [1.54, 1.807) is 0 Å². The molecule has 4 atom stereocenters. The number of nitrogens with one attached hydrogen (secondary N) is 1. The standard InChI is InChI=1S/C19H26N2/c1-2-4-15(5-3-1)13-21-9-8-19(14-21)20-12-18-11-16-6-7-17(18)10-16/h1-7,16-20H,8-14H2. The Morgan fingerprint density at radius 3 is 2.76 bits per heavy atom. The van der Waals surface area contributed by atoms with Gasteiger partial charge in [-0.1, -0.05) is 42.5 Å². The minimum Gasteiger partial charge on any atom is -0.312 e. The fraction of sp³-hybridized carbons (Fsp3) is 0.579. The summed E-state index contributed by atoms with van der Waals surface area (Å²) >= 11 is 0. The largest absolute Gasteiger partial charge is 0.312 e. The quantitative estimate of drug-likeness (QED) is 0.835. The van der Waals surface area contributed by atoms with Crippen LogP contribution in [0, 0.1) is 17.8 Å². The lowest BCUT2D eigenvalue weighted by Gasteiger charge is -2.22. The average molecular weight is 282 g/mol. The van der Waals surface area contributed by atoms with Gasteiger partial charge in [-0.3, -0.25) is 4.90 Å². The van der Waals surface area contributed by atoms with Crippen molar-refractivity contribution in [3.05, 3.63) is 48.0 Å². The number of nitrogens with zero attached hydrogens (tertiary/aromatic N) is 1. The Morgan fingerprint density at radius 1 is 1.10 bits per heavy atom. The molecule has 112 valence electrons. The molecule has 4 rings (SSSR count). The molecular weight excluding hydrogens is 256 g/mol. The number of allylic oxidation sites excluding steroid dienone is 2. The summed E-state index contributed by atoms with van der Waals surface area (Å²) in [7, 11) is 0. The van der Waals surface area contributed by atoms with Crippen molar-refractivity contribution < 1.29 is 0 Å². The van der Waals surface area contributed by atoms with Crippen LogP contribution in [0.3, 0.4) is 0 Å². The molecule has 2 bridgehead atoms. The zero-order valence-corrected chi connectivity index (χ0v) is 12.7. The molecule has 1 aromatic carbocycles. The predicted molar refractivity (Wildman–Crippen MR) is 87.0 cm³/mol. The second-order valence-electron chi connectivity index (χ2n) is 7.15. The van der Waals surface area contributed by atoms with Crippen molar-refractivity contribution in [1.82, 2.24) is 10.2 Å². The molecule has 2 fully saturated rings. The summed E-state index contributed by atoms with van der Waals surface area (Å²) in [5.41, 5.74) is 1.44. The summed E-state index contributed by atoms with van der Waals surface area (Å²) in [4.78, 5) is 2.59. The van der Waals surface area contributed by atoms with Gasteiger partial charge in [0.1, 0.15) is 0 Å². The van der Waals surface area contributed by atoms with Crippen molar-refractivity contribution in [2.45, 2.75) is 31.8 Å². The van der Waals surface area contributed by atoms with Crippen LogP contribution in [-0.2, 0) is 6.54 Å². The molecule has 2 nitrogen and oxygen atoms in total. The van der Waals surface area contributed by atoms with E-state index in [1.807, 2.05) is 0 Å². The molecule has 1 heterocycles. The van der Waals surface area contributed by atoms with E-state index >= 15 is 0 Å². The van der Waals surface area contributed by atoms with Gasteiger partial charge >= 0.3 is 0 Å². The lowest BCUT2D eigenvalue weighted by molar-refractivity contribution is 0.313. The first-order valence-corrected chi connectivity index (χ1v) is 8.55. The third-order valence-electron chi connectivity index (χ3n) is 5.61. The monoisotopic (exact) mass is 282 g/mol. The van der Waals surface area contributed by atoms with Gasteiger partial charge in [0.15, 0.2) is 0 Å². The molecule has 2 aliphatic carbocycles. The molecule has 1 saturated heterocycles.